The zero-order chi connectivity index (χ0) is 15.7. The third kappa shape index (κ3) is 3.00. The number of aliphatic imine (C=N–C) groups is 1. The van der Waals surface area contributed by atoms with Crippen LogP contribution in [-0.4, -0.2) is 26.7 Å². The van der Waals surface area contributed by atoms with Gasteiger partial charge in [0, 0.05) is 0 Å². The zero-order valence-electron chi connectivity index (χ0n) is 11.8. The molecule has 3 rings (SSSR count). The fourth-order valence-corrected chi connectivity index (χ4v) is 2.86. The Kier molecular flexibility index (Phi) is 4.16. The van der Waals surface area contributed by atoms with Crippen LogP contribution in [0.3, 0.4) is 0 Å². The fraction of sp³-hybridized carbons (Fsp3) is 0.0588. The molecule has 1 amide bonds. The summed E-state index contributed by atoms with van der Waals surface area (Å²) in [5, 5.41) is 0.661. The Balaban J connectivity index is 1.92. The van der Waals surface area contributed by atoms with Gasteiger partial charge in [0.2, 0.25) is 0 Å². The van der Waals surface area contributed by atoms with Crippen molar-refractivity contribution in [3.63, 3.8) is 0 Å². The molecule has 3 nitrogen and oxygen atoms in total. The number of hydrogen-bond acceptors (Lipinski definition) is 2. The van der Waals surface area contributed by atoms with Gasteiger partial charge in [0.05, 0.1) is 0 Å². The van der Waals surface area contributed by atoms with Crippen molar-refractivity contribution in [3.05, 3.63) is 70.4 Å². The van der Waals surface area contributed by atoms with Crippen molar-refractivity contribution in [2.75, 3.05) is 4.90 Å². The van der Waals surface area contributed by atoms with Crippen molar-refractivity contribution >= 4 is 50.0 Å². The summed E-state index contributed by atoms with van der Waals surface area (Å²) in [5.41, 5.74) is 3.23. The van der Waals surface area contributed by atoms with Crippen molar-refractivity contribution < 1.29 is 4.79 Å². The standard InChI is InChI=1S/C17H12ClN2OSe/c1-11-2-8-14(9-3-11)20-16(21)15(19-17(20)22)10-12-4-6-13(18)7-5-12/h2-10H,1H3/b15-10-. The van der Waals surface area contributed by atoms with E-state index in [9.17, 15) is 4.79 Å². The molecular weight excluding hydrogens is 363 g/mol. The fourth-order valence-electron chi connectivity index (χ4n) is 2.13. The first kappa shape index (κ1) is 15.0. The summed E-state index contributed by atoms with van der Waals surface area (Å²) in [5.74, 6) is -0.146. The molecule has 0 saturated carbocycles. The van der Waals surface area contributed by atoms with Crippen LogP contribution in [-0.2, 0) is 4.79 Å². The molecule has 1 radical (unpaired) electrons. The number of amides is 1. The minimum absolute atomic E-state index is 0.146. The van der Waals surface area contributed by atoms with Crippen molar-refractivity contribution in [2.24, 2.45) is 4.99 Å². The van der Waals surface area contributed by atoms with Gasteiger partial charge in [-0.15, -0.1) is 0 Å². The van der Waals surface area contributed by atoms with E-state index in [2.05, 4.69) is 21.0 Å². The van der Waals surface area contributed by atoms with E-state index in [0.717, 1.165) is 16.8 Å². The number of hydrogen-bond donors (Lipinski definition) is 0. The average molecular weight is 375 g/mol. The molecule has 0 aromatic heterocycles. The molecule has 109 valence electrons. The minimum atomic E-state index is -0.146. The summed E-state index contributed by atoms with van der Waals surface area (Å²) in [4.78, 5) is 18.5. The van der Waals surface area contributed by atoms with E-state index < -0.39 is 0 Å². The normalized spacial score (nSPS) is 16.3. The van der Waals surface area contributed by atoms with E-state index in [1.165, 1.54) is 0 Å². The molecule has 0 unspecified atom stereocenters. The molecule has 0 saturated heterocycles. The molecule has 22 heavy (non-hydrogen) atoms. The van der Waals surface area contributed by atoms with Gasteiger partial charge in [-0.2, -0.15) is 0 Å². The molecule has 1 aliphatic rings. The van der Waals surface area contributed by atoms with Gasteiger partial charge in [-0.1, -0.05) is 0 Å². The van der Waals surface area contributed by atoms with Crippen LogP contribution in [0.5, 0.6) is 0 Å². The molecule has 0 spiro atoms. The number of anilines is 1. The summed E-state index contributed by atoms with van der Waals surface area (Å²) < 4.78 is 0.550. The van der Waals surface area contributed by atoms with Gasteiger partial charge in [0.15, 0.2) is 0 Å². The van der Waals surface area contributed by atoms with E-state index in [4.69, 9.17) is 11.6 Å². The predicted octanol–water partition coefficient (Wildman–Crippen LogP) is 3.56. The van der Waals surface area contributed by atoms with Crippen LogP contribution in [0, 0.1) is 6.92 Å². The molecule has 2 aromatic rings. The van der Waals surface area contributed by atoms with Crippen LogP contribution in [0.1, 0.15) is 11.1 Å². The molecule has 0 aliphatic carbocycles. The summed E-state index contributed by atoms with van der Waals surface area (Å²) in [6, 6.07) is 15.0. The molecule has 1 aliphatic heterocycles. The van der Waals surface area contributed by atoms with E-state index in [-0.39, 0.29) is 5.91 Å². The quantitative estimate of drug-likeness (QED) is 0.584. The van der Waals surface area contributed by atoms with Crippen LogP contribution in [0.25, 0.3) is 6.08 Å². The van der Waals surface area contributed by atoms with Crippen LogP contribution < -0.4 is 4.90 Å². The van der Waals surface area contributed by atoms with Crippen LogP contribution in [0.2, 0.25) is 5.02 Å². The maximum absolute atomic E-state index is 12.6. The predicted molar refractivity (Wildman–Crippen MR) is 91.3 cm³/mol. The Morgan fingerprint density at radius 2 is 1.73 bits per heavy atom. The second-order valence-corrected chi connectivity index (χ2v) is 6.15. The second kappa shape index (κ2) is 6.09. The molecule has 1 heterocycles. The van der Waals surface area contributed by atoms with Crippen LogP contribution >= 0.6 is 11.6 Å². The molecule has 0 bridgehead atoms. The van der Waals surface area contributed by atoms with Crippen molar-refractivity contribution in [3.8, 4) is 0 Å². The molecule has 0 fully saturated rings. The Morgan fingerprint density at radius 1 is 1.09 bits per heavy atom. The van der Waals surface area contributed by atoms with Gasteiger partial charge in [-0.05, 0) is 0 Å². The first-order chi connectivity index (χ1) is 10.5. The van der Waals surface area contributed by atoms with E-state index >= 15 is 0 Å². The van der Waals surface area contributed by atoms with Gasteiger partial charge in [0.25, 0.3) is 0 Å². The van der Waals surface area contributed by atoms with Gasteiger partial charge >= 0.3 is 142 Å². The number of aryl methyl sites for hydroxylation is 1. The molecule has 0 N–H and O–H groups in total. The third-order valence-electron chi connectivity index (χ3n) is 3.30. The average Bonchev–Trinajstić information content (AvgIpc) is 2.77. The van der Waals surface area contributed by atoms with Crippen LogP contribution in [0.15, 0.2) is 59.2 Å². The number of benzene rings is 2. The third-order valence-corrected chi connectivity index (χ3v) is 4.12. The van der Waals surface area contributed by atoms with Gasteiger partial charge < -0.3 is 0 Å². The van der Waals surface area contributed by atoms with E-state index in [0.29, 0.717) is 15.5 Å². The summed E-state index contributed by atoms with van der Waals surface area (Å²) in [6.45, 7) is 2.01. The summed E-state index contributed by atoms with van der Waals surface area (Å²) in [6.07, 6.45) is 1.75. The van der Waals surface area contributed by atoms with Gasteiger partial charge in [-0.25, -0.2) is 0 Å². The zero-order valence-corrected chi connectivity index (χ0v) is 14.3. The monoisotopic (exact) mass is 375 g/mol. The summed E-state index contributed by atoms with van der Waals surface area (Å²) in [7, 11) is 0. The number of rotatable bonds is 2. The first-order valence-electron chi connectivity index (χ1n) is 6.69. The molecule has 2 aromatic carbocycles. The molecule has 0 atom stereocenters. The van der Waals surface area contributed by atoms with Gasteiger partial charge in [-0.3, -0.25) is 0 Å². The van der Waals surface area contributed by atoms with Gasteiger partial charge in [0.1, 0.15) is 0 Å². The Bertz CT molecular complexity index is 779. The van der Waals surface area contributed by atoms with Crippen molar-refractivity contribution in [1.29, 1.82) is 0 Å². The maximum atomic E-state index is 12.6. The van der Waals surface area contributed by atoms with Crippen molar-refractivity contribution in [2.45, 2.75) is 6.92 Å². The Morgan fingerprint density at radius 3 is 2.36 bits per heavy atom. The Hall–Kier alpha value is -1.87. The van der Waals surface area contributed by atoms with E-state index in [1.807, 2.05) is 43.3 Å². The number of carbonyl (C=O) groups is 1. The van der Waals surface area contributed by atoms with E-state index in [1.54, 1.807) is 23.1 Å². The van der Waals surface area contributed by atoms with Crippen molar-refractivity contribution in [1.82, 2.24) is 0 Å². The SMILES string of the molecule is Cc1ccc(N2C(=O)/C(=C/c3ccc(Cl)cc3)N=C2[Se])cc1. The summed E-state index contributed by atoms with van der Waals surface area (Å²) >= 11 is 8.72. The molecule has 5 heteroatoms. The number of nitrogens with zero attached hydrogens (tertiary/aromatic N) is 2. The number of amidine groups is 1. The number of halogens is 1. The number of carbonyl (C=O) groups excluding carboxylic acids is 1. The Labute approximate surface area is 142 Å². The second-order valence-electron chi connectivity index (χ2n) is 4.95. The van der Waals surface area contributed by atoms with Crippen LogP contribution in [0.4, 0.5) is 5.69 Å². The first-order valence-corrected chi connectivity index (χ1v) is 7.92. The molecular formula is C17H12ClN2OSe. The topological polar surface area (TPSA) is 32.7 Å².